The van der Waals surface area contributed by atoms with Crippen LogP contribution in [0.2, 0.25) is 0 Å². The molecule has 1 aromatic rings. The van der Waals surface area contributed by atoms with Gasteiger partial charge in [0.1, 0.15) is 6.29 Å². The zero-order valence-electron chi connectivity index (χ0n) is 9.16. The van der Waals surface area contributed by atoms with Gasteiger partial charge in [0.2, 0.25) is 0 Å². The predicted molar refractivity (Wildman–Crippen MR) is 61.3 cm³/mol. The number of anilines is 1. The van der Waals surface area contributed by atoms with E-state index in [1.807, 2.05) is 14.1 Å². The van der Waals surface area contributed by atoms with Crippen molar-refractivity contribution in [3.8, 4) is 0 Å². The maximum atomic E-state index is 10.9. The van der Waals surface area contributed by atoms with Crippen LogP contribution in [0.4, 0.5) is 5.69 Å². The Balaban J connectivity index is 2.40. The number of nitrogens with zero attached hydrogens (tertiary/aromatic N) is 1. The summed E-state index contributed by atoms with van der Waals surface area (Å²) < 4.78 is 0. The number of carbonyl (C=O) groups is 1. The quantitative estimate of drug-likeness (QED) is 0.733. The van der Waals surface area contributed by atoms with Gasteiger partial charge in [-0.2, -0.15) is 0 Å². The molecule has 1 N–H and O–H groups in total. The van der Waals surface area contributed by atoms with Crippen LogP contribution >= 0.6 is 0 Å². The van der Waals surface area contributed by atoms with E-state index in [0.29, 0.717) is 0 Å². The van der Waals surface area contributed by atoms with Crippen molar-refractivity contribution in [3.05, 3.63) is 29.3 Å². The summed E-state index contributed by atoms with van der Waals surface area (Å²) in [5, 5.41) is 3.19. The second-order valence-corrected chi connectivity index (χ2v) is 4.10. The van der Waals surface area contributed by atoms with Crippen LogP contribution in [0.3, 0.4) is 0 Å². The Kier molecular flexibility index (Phi) is 2.73. The molecule has 1 aliphatic heterocycles. The van der Waals surface area contributed by atoms with E-state index in [4.69, 9.17) is 0 Å². The van der Waals surface area contributed by atoms with Crippen molar-refractivity contribution >= 4 is 12.0 Å². The van der Waals surface area contributed by atoms with Crippen LogP contribution in [0.15, 0.2) is 18.2 Å². The molecule has 1 aliphatic rings. The molecule has 3 nitrogen and oxygen atoms in total. The molecule has 0 bridgehead atoms. The van der Waals surface area contributed by atoms with Gasteiger partial charge in [0.15, 0.2) is 0 Å². The summed E-state index contributed by atoms with van der Waals surface area (Å²) in [5.41, 5.74) is 3.61. The van der Waals surface area contributed by atoms with Crippen molar-refractivity contribution in [1.82, 2.24) is 5.32 Å². The van der Waals surface area contributed by atoms with Gasteiger partial charge in [0, 0.05) is 26.3 Å². The molecule has 0 amide bonds. The molecule has 1 unspecified atom stereocenters. The Morgan fingerprint density at radius 1 is 1.47 bits per heavy atom. The van der Waals surface area contributed by atoms with Gasteiger partial charge in [-0.3, -0.25) is 0 Å². The third kappa shape index (κ3) is 1.88. The second kappa shape index (κ2) is 4.03. The smallest absolute Gasteiger partial charge is 0.141 e. The molecule has 15 heavy (non-hydrogen) atoms. The molecule has 0 saturated carbocycles. The SMILES string of the molecule is CN(C)c1ccc2c(c1)CCNC2C=O. The minimum atomic E-state index is -0.120. The van der Waals surface area contributed by atoms with Gasteiger partial charge in [0.05, 0.1) is 6.04 Å². The van der Waals surface area contributed by atoms with E-state index in [2.05, 4.69) is 28.4 Å². The maximum absolute atomic E-state index is 10.9. The highest BCUT2D eigenvalue weighted by Crippen LogP contribution is 2.25. The lowest BCUT2D eigenvalue weighted by atomic mass is 9.94. The van der Waals surface area contributed by atoms with Gasteiger partial charge in [-0.1, -0.05) is 6.07 Å². The number of aldehydes is 1. The molecule has 0 aromatic heterocycles. The van der Waals surface area contributed by atoms with Crippen molar-refractivity contribution in [2.24, 2.45) is 0 Å². The third-order valence-electron chi connectivity index (χ3n) is 2.87. The van der Waals surface area contributed by atoms with E-state index in [9.17, 15) is 4.79 Å². The number of fused-ring (bicyclic) bond motifs is 1. The molecule has 0 saturated heterocycles. The van der Waals surface area contributed by atoms with Crippen molar-refractivity contribution in [3.63, 3.8) is 0 Å². The number of benzene rings is 1. The molecular formula is C12H16N2O. The summed E-state index contributed by atoms with van der Waals surface area (Å²) in [4.78, 5) is 13.0. The number of rotatable bonds is 2. The van der Waals surface area contributed by atoms with E-state index in [1.165, 1.54) is 11.3 Å². The minimum absolute atomic E-state index is 0.120. The average Bonchev–Trinajstić information content (AvgIpc) is 2.27. The third-order valence-corrected chi connectivity index (χ3v) is 2.87. The zero-order valence-corrected chi connectivity index (χ0v) is 9.16. The van der Waals surface area contributed by atoms with Crippen LogP contribution in [-0.2, 0) is 11.2 Å². The van der Waals surface area contributed by atoms with Crippen LogP contribution in [0.5, 0.6) is 0 Å². The first-order valence-electron chi connectivity index (χ1n) is 5.21. The fourth-order valence-electron chi connectivity index (χ4n) is 1.98. The average molecular weight is 204 g/mol. The number of hydrogen-bond donors (Lipinski definition) is 1. The fourth-order valence-corrected chi connectivity index (χ4v) is 1.98. The van der Waals surface area contributed by atoms with E-state index in [1.54, 1.807) is 0 Å². The molecule has 80 valence electrons. The van der Waals surface area contributed by atoms with Gasteiger partial charge in [0.25, 0.3) is 0 Å². The van der Waals surface area contributed by atoms with Crippen LogP contribution < -0.4 is 10.2 Å². The van der Waals surface area contributed by atoms with Crippen molar-refractivity contribution in [2.75, 3.05) is 25.5 Å². The van der Waals surface area contributed by atoms with Crippen molar-refractivity contribution in [2.45, 2.75) is 12.5 Å². The lowest BCUT2D eigenvalue weighted by Crippen LogP contribution is -2.30. The highest BCUT2D eigenvalue weighted by molar-refractivity contribution is 5.65. The Bertz CT molecular complexity index is 374. The van der Waals surface area contributed by atoms with E-state index in [0.717, 1.165) is 24.8 Å². The van der Waals surface area contributed by atoms with Crippen LogP contribution in [0.1, 0.15) is 17.2 Å². The first-order chi connectivity index (χ1) is 7.22. The molecule has 3 heteroatoms. The van der Waals surface area contributed by atoms with Gasteiger partial charge in [-0.05, 0) is 29.7 Å². The zero-order chi connectivity index (χ0) is 10.8. The summed E-state index contributed by atoms with van der Waals surface area (Å²) >= 11 is 0. The second-order valence-electron chi connectivity index (χ2n) is 4.10. The molecule has 0 fully saturated rings. The summed E-state index contributed by atoms with van der Waals surface area (Å²) in [6.45, 7) is 0.882. The lowest BCUT2D eigenvalue weighted by molar-refractivity contribution is -0.109. The Morgan fingerprint density at radius 3 is 2.93 bits per heavy atom. The maximum Gasteiger partial charge on any atom is 0.141 e. The molecule has 0 radical (unpaired) electrons. The van der Waals surface area contributed by atoms with Crippen LogP contribution in [0.25, 0.3) is 0 Å². The van der Waals surface area contributed by atoms with Crippen molar-refractivity contribution in [1.29, 1.82) is 0 Å². The fraction of sp³-hybridized carbons (Fsp3) is 0.417. The highest BCUT2D eigenvalue weighted by atomic mass is 16.1. The lowest BCUT2D eigenvalue weighted by Gasteiger charge is -2.24. The Labute approximate surface area is 90.1 Å². The molecule has 0 aliphatic carbocycles. The molecule has 1 aromatic carbocycles. The van der Waals surface area contributed by atoms with E-state index >= 15 is 0 Å². The normalized spacial score (nSPS) is 19.5. The predicted octanol–water partition coefficient (Wildman–Crippen LogP) is 1.14. The topological polar surface area (TPSA) is 32.3 Å². The standard InChI is InChI=1S/C12H16N2O/c1-14(2)10-3-4-11-9(7-10)5-6-13-12(11)8-15/h3-4,7-8,12-13H,5-6H2,1-2H3. The van der Waals surface area contributed by atoms with Gasteiger partial charge < -0.3 is 15.0 Å². The Morgan fingerprint density at radius 2 is 2.27 bits per heavy atom. The van der Waals surface area contributed by atoms with Crippen LogP contribution in [0, 0.1) is 0 Å². The van der Waals surface area contributed by atoms with E-state index < -0.39 is 0 Å². The monoisotopic (exact) mass is 204 g/mol. The molecule has 1 atom stereocenters. The summed E-state index contributed by atoms with van der Waals surface area (Å²) in [5.74, 6) is 0. The summed E-state index contributed by atoms with van der Waals surface area (Å²) in [7, 11) is 4.06. The number of hydrogen-bond acceptors (Lipinski definition) is 3. The molecular weight excluding hydrogens is 188 g/mol. The van der Waals surface area contributed by atoms with E-state index in [-0.39, 0.29) is 6.04 Å². The molecule has 1 heterocycles. The first-order valence-corrected chi connectivity index (χ1v) is 5.21. The van der Waals surface area contributed by atoms with Crippen molar-refractivity contribution < 1.29 is 4.79 Å². The Hall–Kier alpha value is -1.35. The first kappa shape index (κ1) is 10.2. The summed E-state index contributed by atoms with van der Waals surface area (Å²) in [6, 6.07) is 6.16. The minimum Gasteiger partial charge on any atom is -0.378 e. The largest absolute Gasteiger partial charge is 0.378 e. The van der Waals surface area contributed by atoms with Gasteiger partial charge in [-0.25, -0.2) is 0 Å². The highest BCUT2D eigenvalue weighted by Gasteiger charge is 2.18. The molecule has 0 spiro atoms. The van der Waals surface area contributed by atoms with Gasteiger partial charge in [-0.15, -0.1) is 0 Å². The summed E-state index contributed by atoms with van der Waals surface area (Å²) in [6.07, 6.45) is 1.98. The number of nitrogens with one attached hydrogen (secondary N) is 1. The van der Waals surface area contributed by atoms with Crippen LogP contribution in [-0.4, -0.2) is 26.9 Å². The van der Waals surface area contributed by atoms with Gasteiger partial charge >= 0.3 is 0 Å². The number of carbonyl (C=O) groups excluding carboxylic acids is 1. The molecule has 2 rings (SSSR count).